The van der Waals surface area contributed by atoms with Crippen LogP contribution in [0.4, 0.5) is 0 Å². The van der Waals surface area contributed by atoms with Crippen molar-refractivity contribution in [3.63, 3.8) is 0 Å². The molecule has 2 rings (SSSR count). The maximum Gasteiger partial charge on any atom is 0.123 e. The summed E-state index contributed by atoms with van der Waals surface area (Å²) in [6.45, 7) is 1.11. The van der Waals surface area contributed by atoms with Gasteiger partial charge in [0.05, 0.1) is 7.11 Å². The summed E-state index contributed by atoms with van der Waals surface area (Å²) in [6, 6.07) is 6.63. The zero-order valence-corrected chi connectivity index (χ0v) is 11.0. The molecule has 1 fully saturated rings. The number of halogens is 2. The van der Waals surface area contributed by atoms with Gasteiger partial charge in [-0.2, -0.15) is 0 Å². The first kappa shape index (κ1) is 12.8. The van der Waals surface area contributed by atoms with Crippen molar-refractivity contribution in [1.29, 1.82) is 0 Å². The number of hydrogen-bond donors (Lipinski definition) is 1. The second-order valence-electron chi connectivity index (χ2n) is 3.54. The minimum Gasteiger partial charge on any atom is -0.496 e. The lowest BCUT2D eigenvalue weighted by molar-refractivity contribution is 0.403. The Balaban J connectivity index is 0.00000112. The Kier molecular flexibility index (Phi) is 4.90. The molecule has 1 aromatic rings. The Hall–Kier alpha value is -0.250. The van der Waals surface area contributed by atoms with Gasteiger partial charge in [-0.3, -0.25) is 0 Å². The number of benzene rings is 1. The average molecular weight is 293 g/mol. The summed E-state index contributed by atoms with van der Waals surface area (Å²) >= 11 is 3.49. The number of hydrogen-bond acceptors (Lipinski definition) is 2. The van der Waals surface area contributed by atoms with Crippen LogP contribution in [-0.4, -0.2) is 13.7 Å². The summed E-state index contributed by atoms with van der Waals surface area (Å²) in [5.41, 5.74) is 1.26. The standard InChI is InChI=1S/C11H14BrNO.ClH/c1-14-11-5-4-8(12)7-9(11)10-3-2-6-13-10;/h4-5,7,10,13H,2-3,6H2,1H3;1H/t10-;/m0./s1. The molecule has 0 aliphatic carbocycles. The highest BCUT2D eigenvalue weighted by atomic mass is 79.9. The van der Waals surface area contributed by atoms with Crippen LogP contribution in [0.1, 0.15) is 24.4 Å². The molecule has 0 amide bonds. The number of rotatable bonds is 2. The van der Waals surface area contributed by atoms with Gasteiger partial charge >= 0.3 is 0 Å². The highest BCUT2D eigenvalue weighted by molar-refractivity contribution is 9.10. The normalized spacial score (nSPS) is 19.7. The van der Waals surface area contributed by atoms with Gasteiger partial charge in [0.15, 0.2) is 0 Å². The van der Waals surface area contributed by atoms with Crippen LogP contribution >= 0.6 is 28.3 Å². The molecular weight excluding hydrogens is 277 g/mol. The smallest absolute Gasteiger partial charge is 0.123 e. The lowest BCUT2D eigenvalue weighted by atomic mass is 10.0. The molecule has 1 aliphatic rings. The van der Waals surface area contributed by atoms with Crippen molar-refractivity contribution in [1.82, 2.24) is 5.32 Å². The van der Waals surface area contributed by atoms with Crippen LogP contribution in [0.15, 0.2) is 22.7 Å². The Morgan fingerprint density at radius 3 is 2.87 bits per heavy atom. The SMILES string of the molecule is COc1ccc(Br)cc1[C@@H]1CCCN1.Cl. The summed E-state index contributed by atoms with van der Waals surface area (Å²) in [7, 11) is 1.72. The number of methoxy groups -OCH3 is 1. The van der Waals surface area contributed by atoms with Gasteiger partial charge in [0.25, 0.3) is 0 Å². The zero-order chi connectivity index (χ0) is 9.97. The topological polar surface area (TPSA) is 21.3 Å². The van der Waals surface area contributed by atoms with Crippen molar-refractivity contribution < 1.29 is 4.74 Å². The van der Waals surface area contributed by atoms with Gasteiger partial charge in [0.2, 0.25) is 0 Å². The quantitative estimate of drug-likeness (QED) is 0.903. The first-order chi connectivity index (χ1) is 6.81. The Morgan fingerprint density at radius 2 is 2.27 bits per heavy atom. The van der Waals surface area contributed by atoms with Gasteiger partial charge in [-0.05, 0) is 37.6 Å². The lowest BCUT2D eigenvalue weighted by Gasteiger charge is -2.15. The van der Waals surface area contributed by atoms with E-state index in [1.165, 1.54) is 18.4 Å². The van der Waals surface area contributed by atoms with E-state index in [9.17, 15) is 0 Å². The van der Waals surface area contributed by atoms with Gasteiger partial charge in [-0.25, -0.2) is 0 Å². The molecule has 84 valence electrons. The molecule has 0 unspecified atom stereocenters. The van der Waals surface area contributed by atoms with Crippen molar-refractivity contribution >= 4 is 28.3 Å². The minimum absolute atomic E-state index is 0. The first-order valence-corrected chi connectivity index (χ1v) is 5.67. The molecule has 0 radical (unpaired) electrons. The van der Waals surface area contributed by atoms with Gasteiger partial charge < -0.3 is 10.1 Å². The molecule has 0 spiro atoms. The zero-order valence-electron chi connectivity index (χ0n) is 8.63. The second kappa shape index (κ2) is 5.73. The molecule has 1 aromatic carbocycles. The van der Waals surface area contributed by atoms with Crippen LogP contribution in [0.3, 0.4) is 0 Å². The molecule has 0 bridgehead atoms. The summed E-state index contributed by atoms with van der Waals surface area (Å²) in [6.07, 6.45) is 2.45. The Labute approximate surface area is 105 Å². The van der Waals surface area contributed by atoms with Crippen molar-refractivity contribution in [3.05, 3.63) is 28.2 Å². The van der Waals surface area contributed by atoms with E-state index in [1.54, 1.807) is 7.11 Å². The van der Waals surface area contributed by atoms with Gasteiger partial charge in [0, 0.05) is 16.1 Å². The molecule has 15 heavy (non-hydrogen) atoms. The Morgan fingerprint density at radius 1 is 1.47 bits per heavy atom. The van der Waals surface area contributed by atoms with E-state index in [2.05, 4.69) is 27.3 Å². The molecule has 1 N–H and O–H groups in total. The fraction of sp³-hybridized carbons (Fsp3) is 0.455. The van der Waals surface area contributed by atoms with Crippen LogP contribution in [-0.2, 0) is 0 Å². The fourth-order valence-corrected chi connectivity index (χ4v) is 2.31. The summed E-state index contributed by atoms with van der Waals surface area (Å²) in [5.74, 6) is 0.979. The van der Waals surface area contributed by atoms with Crippen molar-refractivity contribution in [3.8, 4) is 5.75 Å². The third kappa shape index (κ3) is 2.86. The third-order valence-electron chi connectivity index (χ3n) is 2.63. The molecule has 1 atom stereocenters. The van der Waals surface area contributed by atoms with Crippen LogP contribution in [0.5, 0.6) is 5.75 Å². The van der Waals surface area contributed by atoms with E-state index in [4.69, 9.17) is 4.74 Å². The monoisotopic (exact) mass is 291 g/mol. The molecule has 0 aromatic heterocycles. The molecule has 2 nitrogen and oxygen atoms in total. The largest absolute Gasteiger partial charge is 0.496 e. The molecule has 1 saturated heterocycles. The summed E-state index contributed by atoms with van der Waals surface area (Å²) in [5, 5.41) is 3.47. The third-order valence-corrected chi connectivity index (χ3v) is 3.12. The minimum atomic E-state index is 0. The average Bonchev–Trinajstić information content (AvgIpc) is 2.70. The molecule has 1 aliphatic heterocycles. The lowest BCUT2D eigenvalue weighted by Crippen LogP contribution is -2.13. The summed E-state index contributed by atoms with van der Waals surface area (Å²) in [4.78, 5) is 0. The van der Waals surface area contributed by atoms with Crippen LogP contribution in [0.25, 0.3) is 0 Å². The van der Waals surface area contributed by atoms with E-state index < -0.39 is 0 Å². The van der Waals surface area contributed by atoms with E-state index in [0.717, 1.165) is 16.8 Å². The van der Waals surface area contributed by atoms with Gasteiger partial charge in [-0.15, -0.1) is 12.4 Å². The van der Waals surface area contributed by atoms with Crippen LogP contribution < -0.4 is 10.1 Å². The fourth-order valence-electron chi connectivity index (χ4n) is 1.93. The maximum absolute atomic E-state index is 5.35. The second-order valence-corrected chi connectivity index (χ2v) is 4.45. The van der Waals surface area contributed by atoms with E-state index in [1.807, 2.05) is 12.1 Å². The summed E-state index contributed by atoms with van der Waals surface area (Å²) < 4.78 is 6.46. The van der Waals surface area contributed by atoms with E-state index in [0.29, 0.717) is 6.04 Å². The predicted octanol–water partition coefficient (Wildman–Crippen LogP) is 3.30. The maximum atomic E-state index is 5.35. The molecule has 1 heterocycles. The van der Waals surface area contributed by atoms with Gasteiger partial charge in [-0.1, -0.05) is 15.9 Å². The van der Waals surface area contributed by atoms with Crippen molar-refractivity contribution in [2.24, 2.45) is 0 Å². The molecular formula is C11H15BrClNO. The first-order valence-electron chi connectivity index (χ1n) is 4.88. The highest BCUT2D eigenvalue weighted by Crippen LogP contribution is 2.32. The van der Waals surface area contributed by atoms with Crippen molar-refractivity contribution in [2.45, 2.75) is 18.9 Å². The molecule has 0 saturated carbocycles. The Bertz CT molecular complexity index is 326. The highest BCUT2D eigenvalue weighted by Gasteiger charge is 2.19. The molecule has 4 heteroatoms. The number of ether oxygens (including phenoxy) is 1. The van der Waals surface area contributed by atoms with Crippen molar-refractivity contribution in [2.75, 3.05) is 13.7 Å². The van der Waals surface area contributed by atoms with Gasteiger partial charge in [0.1, 0.15) is 5.75 Å². The van der Waals surface area contributed by atoms with E-state index in [-0.39, 0.29) is 12.4 Å². The van der Waals surface area contributed by atoms with E-state index >= 15 is 0 Å². The predicted molar refractivity (Wildman–Crippen MR) is 67.9 cm³/mol. The van der Waals surface area contributed by atoms with Crippen LogP contribution in [0, 0.1) is 0 Å². The number of nitrogens with one attached hydrogen (secondary N) is 1. The van der Waals surface area contributed by atoms with Crippen LogP contribution in [0.2, 0.25) is 0 Å².